The maximum Gasteiger partial charge on any atom is 0.214 e. The lowest BCUT2D eigenvalue weighted by molar-refractivity contribution is 0.600. The molecule has 4 nitrogen and oxygen atoms in total. The molecule has 3 N–H and O–H groups in total. The molecule has 0 saturated heterocycles. The monoisotopic (exact) mass is 184 g/mol. The molecule has 0 amide bonds. The summed E-state index contributed by atoms with van der Waals surface area (Å²) in [6.07, 6.45) is 2.58. The Bertz CT molecular complexity index is 335. The summed E-state index contributed by atoms with van der Waals surface area (Å²) >= 11 is 4.92. The highest BCUT2D eigenvalue weighted by atomic mass is 32.1. The van der Waals surface area contributed by atoms with E-state index in [0.717, 1.165) is 11.7 Å². The number of aromatic amines is 1. The summed E-state index contributed by atoms with van der Waals surface area (Å²) in [5, 5.41) is 6.79. The van der Waals surface area contributed by atoms with Gasteiger partial charge in [-0.25, -0.2) is 4.68 Å². The van der Waals surface area contributed by atoms with E-state index in [4.69, 9.17) is 18.1 Å². The molecule has 1 heterocycles. The molecule has 0 spiro atoms. The van der Waals surface area contributed by atoms with Crippen LogP contribution >= 0.6 is 12.2 Å². The number of nitrogens with zero attached hydrogens (tertiary/aromatic N) is 2. The molecule has 1 saturated carbocycles. The van der Waals surface area contributed by atoms with E-state index >= 15 is 0 Å². The summed E-state index contributed by atoms with van der Waals surface area (Å²) in [4.78, 5) is 0. The lowest BCUT2D eigenvalue weighted by Crippen LogP contribution is -2.15. The van der Waals surface area contributed by atoms with Gasteiger partial charge in [0.25, 0.3) is 0 Å². The van der Waals surface area contributed by atoms with Crippen molar-refractivity contribution in [2.75, 3.05) is 5.84 Å². The summed E-state index contributed by atoms with van der Waals surface area (Å²) in [5.74, 6) is 7.76. The topological polar surface area (TPSA) is 59.6 Å². The molecule has 2 rings (SSSR count). The van der Waals surface area contributed by atoms with Crippen molar-refractivity contribution in [3.05, 3.63) is 10.6 Å². The highest BCUT2D eigenvalue weighted by Gasteiger charge is 2.31. The number of rotatable bonds is 2. The van der Waals surface area contributed by atoms with Crippen molar-refractivity contribution < 1.29 is 0 Å². The van der Waals surface area contributed by atoms with Gasteiger partial charge in [0.1, 0.15) is 0 Å². The Morgan fingerprint density at radius 2 is 2.42 bits per heavy atom. The molecule has 1 aliphatic rings. The predicted molar refractivity (Wildman–Crippen MR) is 48.7 cm³/mol. The summed E-state index contributed by atoms with van der Waals surface area (Å²) < 4.78 is 1.97. The molecule has 0 bridgehead atoms. The van der Waals surface area contributed by atoms with Crippen LogP contribution in [0.4, 0.5) is 0 Å². The molecular formula is C7H12N4S. The first kappa shape index (κ1) is 7.79. The van der Waals surface area contributed by atoms with Gasteiger partial charge in [0.05, 0.1) is 0 Å². The third-order valence-corrected chi connectivity index (χ3v) is 2.76. The van der Waals surface area contributed by atoms with Crippen molar-refractivity contribution in [2.45, 2.75) is 25.7 Å². The quantitative estimate of drug-likeness (QED) is 0.535. The van der Waals surface area contributed by atoms with Gasteiger partial charge in [-0.3, -0.25) is 5.10 Å². The van der Waals surface area contributed by atoms with E-state index in [1.807, 2.05) is 0 Å². The fourth-order valence-corrected chi connectivity index (χ4v) is 1.58. The smallest absolute Gasteiger partial charge is 0.214 e. The number of nitrogens with one attached hydrogen (secondary N) is 1. The number of aromatic nitrogens is 3. The van der Waals surface area contributed by atoms with E-state index in [1.54, 1.807) is 0 Å². The molecule has 1 atom stereocenters. The number of nitrogens with two attached hydrogens (primary N) is 1. The van der Waals surface area contributed by atoms with Gasteiger partial charge >= 0.3 is 0 Å². The molecule has 1 aliphatic carbocycles. The van der Waals surface area contributed by atoms with Crippen molar-refractivity contribution in [2.24, 2.45) is 5.92 Å². The molecule has 1 unspecified atom stereocenters. The average molecular weight is 184 g/mol. The molecule has 12 heavy (non-hydrogen) atoms. The van der Waals surface area contributed by atoms with Gasteiger partial charge < -0.3 is 5.84 Å². The number of hydrogen-bond donors (Lipinski definition) is 2. The maximum atomic E-state index is 5.69. The minimum Gasteiger partial charge on any atom is -0.335 e. The Morgan fingerprint density at radius 3 is 2.83 bits per heavy atom. The molecule has 66 valence electrons. The van der Waals surface area contributed by atoms with Crippen LogP contribution in [0.15, 0.2) is 0 Å². The van der Waals surface area contributed by atoms with Crippen LogP contribution in [0.5, 0.6) is 0 Å². The Balaban J connectivity index is 2.31. The Kier molecular flexibility index (Phi) is 1.68. The van der Waals surface area contributed by atoms with E-state index in [1.165, 1.54) is 17.5 Å². The van der Waals surface area contributed by atoms with Crippen molar-refractivity contribution in [3.8, 4) is 0 Å². The van der Waals surface area contributed by atoms with Crippen molar-refractivity contribution in [3.63, 3.8) is 0 Å². The summed E-state index contributed by atoms with van der Waals surface area (Å²) in [6, 6.07) is 0. The predicted octanol–water partition coefficient (Wildman–Crippen LogP) is 1.17. The highest BCUT2D eigenvalue weighted by Crippen LogP contribution is 2.41. The largest absolute Gasteiger partial charge is 0.335 e. The average Bonchev–Trinajstić information content (AvgIpc) is 2.82. The molecule has 5 heteroatoms. The minimum absolute atomic E-state index is 0.433. The van der Waals surface area contributed by atoms with Gasteiger partial charge in [0.2, 0.25) is 4.77 Å². The standard InChI is InChI=1S/C7H12N4S/c1-4(5-2-3-5)6-9-10-7(12)11(6)8/h4-5H,2-3,8H2,1H3,(H,10,12). The van der Waals surface area contributed by atoms with Crippen LogP contribution < -0.4 is 5.84 Å². The van der Waals surface area contributed by atoms with Gasteiger partial charge in [-0.2, -0.15) is 5.10 Å². The molecule has 0 aliphatic heterocycles. The third kappa shape index (κ3) is 1.14. The number of hydrogen-bond acceptors (Lipinski definition) is 3. The van der Waals surface area contributed by atoms with Crippen LogP contribution in [-0.4, -0.2) is 14.9 Å². The van der Waals surface area contributed by atoms with Crippen LogP contribution in [0, 0.1) is 10.7 Å². The van der Waals surface area contributed by atoms with Crippen LogP contribution in [0.1, 0.15) is 31.5 Å². The normalized spacial score (nSPS) is 19.4. The first-order valence-corrected chi connectivity index (χ1v) is 4.53. The molecule has 0 aromatic carbocycles. The van der Waals surface area contributed by atoms with Crippen LogP contribution in [0.25, 0.3) is 0 Å². The SMILES string of the molecule is CC(c1n[nH]c(=S)n1N)C1CC1. The Labute approximate surface area is 75.7 Å². The highest BCUT2D eigenvalue weighted by molar-refractivity contribution is 7.71. The second-order valence-electron chi connectivity index (χ2n) is 3.38. The number of nitrogen functional groups attached to an aromatic ring is 1. The van der Waals surface area contributed by atoms with Crippen molar-refractivity contribution in [1.82, 2.24) is 14.9 Å². The molecule has 1 aromatic heterocycles. The van der Waals surface area contributed by atoms with Gasteiger partial charge in [0, 0.05) is 5.92 Å². The van der Waals surface area contributed by atoms with E-state index in [-0.39, 0.29) is 0 Å². The lowest BCUT2D eigenvalue weighted by Gasteiger charge is -2.07. The first-order chi connectivity index (χ1) is 5.70. The third-order valence-electron chi connectivity index (χ3n) is 2.47. The Hall–Kier alpha value is -0.840. The van der Waals surface area contributed by atoms with E-state index in [9.17, 15) is 0 Å². The van der Waals surface area contributed by atoms with Crippen molar-refractivity contribution in [1.29, 1.82) is 0 Å². The maximum absolute atomic E-state index is 5.69. The second-order valence-corrected chi connectivity index (χ2v) is 3.77. The first-order valence-electron chi connectivity index (χ1n) is 4.12. The summed E-state index contributed by atoms with van der Waals surface area (Å²) in [7, 11) is 0. The van der Waals surface area contributed by atoms with Crippen LogP contribution in [0.3, 0.4) is 0 Å². The molecule has 0 radical (unpaired) electrons. The van der Waals surface area contributed by atoms with E-state index in [0.29, 0.717) is 10.7 Å². The zero-order valence-corrected chi connectivity index (χ0v) is 7.77. The van der Waals surface area contributed by atoms with Gasteiger partial charge in [-0.1, -0.05) is 6.92 Å². The molecular weight excluding hydrogens is 172 g/mol. The Morgan fingerprint density at radius 1 is 1.75 bits per heavy atom. The van der Waals surface area contributed by atoms with E-state index in [2.05, 4.69) is 17.1 Å². The zero-order valence-electron chi connectivity index (χ0n) is 6.95. The van der Waals surface area contributed by atoms with Gasteiger partial charge in [-0.05, 0) is 31.0 Å². The number of H-pyrrole nitrogens is 1. The fourth-order valence-electron chi connectivity index (χ4n) is 1.45. The van der Waals surface area contributed by atoms with Crippen LogP contribution in [0.2, 0.25) is 0 Å². The van der Waals surface area contributed by atoms with E-state index < -0.39 is 0 Å². The summed E-state index contributed by atoms with van der Waals surface area (Å²) in [6.45, 7) is 2.14. The van der Waals surface area contributed by atoms with Gasteiger partial charge in [-0.15, -0.1) is 0 Å². The minimum atomic E-state index is 0.433. The van der Waals surface area contributed by atoms with Crippen LogP contribution in [-0.2, 0) is 0 Å². The van der Waals surface area contributed by atoms with Gasteiger partial charge in [0.15, 0.2) is 5.82 Å². The lowest BCUT2D eigenvalue weighted by atomic mass is 10.1. The zero-order chi connectivity index (χ0) is 8.72. The molecule has 1 aromatic rings. The second kappa shape index (κ2) is 2.58. The molecule has 1 fully saturated rings. The van der Waals surface area contributed by atoms with Crippen molar-refractivity contribution >= 4 is 12.2 Å². The fraction of sp³-hybridized carbons (Fsp3) is 0.714. The summed E-state index contributed by atoms with van der Waals surface area (Å²) in [5.41, 5.74) is 0.